The van der Waals surface area contributed by atoms with Crippen molar-refractivity contribution >= 4 is 17.0 Å². The number of nitrogens with one attached hydrogen (secondary N) is 1. The van der Waals surface area contributed by atoms with Crippen molar-refractivity contribution < 1.29 is 13.8 Å². The van der Waals surface area contributed by atoms with Crippen LogP contribution in [-0.2, 0) is 17.8 Å². The lowest BCUT2D eigenvalue weighted by Crippen LogP contribution is -2.43. The molecule has 0 saturated heterocycles. The number of hydrogen-bond acceptors (Lipinski definition) is 6. The highest BCUT2D eigenvalue weighted by molar-refractivity contribution is 5.78. The minimum absolute atomic E-state index is 0.0829. The van der Waals surface area contributed by atoms with Crippen molar-refractivity contribution in [3.8, 4) is 0 Å². The number of para-hydroxylation sites is 2. The summed E-state index contributed by atoms with van der Waals surface area (Å²) in [6.07, 6.45) is 0.0829. The second-order valence-corrected chi connectivity index (χ2v) is 6.34. The van der Waals surface area contributed by atoms with E-state index in [0.717, 1.165) is 0 Å². The first kappa shape index (κ1) is 16.9. The number of aryl methyl sites for hydroxylation is 1. The summed E-state index contributed by atoms with van der Waals surface area (Å²) < 4.78 is 11.4. The molecule has 0 fully saturated rings. The number of benzene rings is 1. The van der Waals surface area contributed by atoms with Gasteiger partial charge in [0.1, 0.15) is 11.4 Å². The average Bonchev–Trinajstić information content (AvgIpc) is 3.10. The summed E-state index contributed by atoms with van der Waals surface area (Å²) in [7, 11) is 0. The standard InChI is InChI=1S/C17H20N4O4/c1-10(2)13(18-16(22)8-12-11(3)19-25-20-12)9-21-14-6-4-5-7-15(14)24-17(21)23/h4-7,10,13H,8-9H2,1-3H3,(H,18,22)/t13-/m0/s1. The van der Waals surface area contributed by atoms with Gasteiger partial charge in [-0.25, -0.2) is 9.42 Å². The number of hydrogen-bond donors (Lipinski definition) is 1. The highest BCUT2D eigenvalue weighted by Gasteiger charge is 2.21. The molecule has 1 atom stereocenters. The molecule has 3 rings (SSSR count). The Morgan fingerprint density at radius 3 is 2.72 bits per heavy atom. The Bertz CT molecular complexity index is 937. The summed E-state index contributed by atoms with van der Waals surface area (Å²) in [6, 6.07) is 7.00. The molecule has 8 heteroatoms. The summed E-state index contributed by atoms with van der Waals surface area (Å²) in [5.41, 5.74) is 2.34. The second-order valence-electron chi connectivity index (χ2n) is 6.34. The van der Waals surface area contributed by atoms with Crippen molar-refractivity contribution in [2.24, 2.45) is 5.92 Å². The van der Waals surface area contributed by atoms with Crippen LogP contribution in [0.25, 0.3) is 11.1 Å². The molecule has 0 aliphatic rings. The van der Waals surface area contributed by atoms with Gasteiger partial charge in [-0.05, 0) is 25.0 Å². The van der Waals surface area contributed by atoms with E-state index < -0.39 is 5.76 Å². The van der Waals surface area contributed by atoms with Gasteiger partial charge in [0.05, 0.1) is 11.9 Å². The van der Waals surface area contributed by atoms with E-state index >= 15 is 0 Å². The van der Waals surface area contributed by atoms with Crippen LogP contribution in [-0.4, -0.2) is 26.8 Å². The van der Waals surface area contributed by atoms with E-state index in [4.69, 9.17) is 4.42 Å². The first-order valence-electron chi connectivity index (χ1n) is 8.11. The van der Waals surface area contributed by atoms with E-state index in [1.54, 1.807) is 17.6 Å². The van der Waals surface area contributed by atoms with Gasteiger partial charge in [0.2, 0.25) is 5.91 Å². The van der Waals surface area contributed by atoms with Gasteiger partial charge >= 0.3 is 5.76 Å². The van der Waals surface area contributed by atoms with Crippen molar-refractivity contribution in [3.05, 3.63) is 46.2 Å². The van der Waals surface area contributed by atoms with E-state index in [-0.39, 0.29) is 24.3 Å². The van der Waals surface area contributed by atoms with Crippen LogP contribution in [0.3, 0.4) is 0 Å². The Morgan fingerprint density at radius 1 is 1.28 bits per heavy atom. The third-order valence-corrected chi connectivity index (χ3v) is 4.18. The topological polar surface area (TPSA) is 103 Å². The van der Waals surface area contributed by atoms with E-state index in [0.29, 0.717) is 29.0 Å². The molecule has 0 aliphatic carbocycles. The molecule has 3 aromatic rings. The number of carbonyl (C=O) groups is 1. The van der Waals surface area contributed by atoms with Crippen LogP contribution < -0.4 is 11.1 Å². The van der Waals surface area contributed by atoms with Crippen LogP contribution >= 0.6 is 0 Å². The van der Waals surface area contributed by atoms with Crippen molar-refractivity contribution in [1.82, 2.24) is 20.2 Å². The SMILES string of the molecule is Cc1nonc1CC(=O)N[C@@H](Cn1c(=O)oc2ccccc21)C(C)C. The van der Waals surface area contributed by atoms with Gasteiger partial charge in [-0.15, -0.1) is 0 Å². The zero-order valence-corrected chi connectivity index (χ0v) is 14.4. The fourth-order valence-electron chi connectivity index (χ4n) is 2.63. The van der Waals surface area contributed by atoms with Gasteiger partial charge in [0, 0.05) is 12.6 Å². The number of fused-ring (bicyclic) bond motifs is 1. The van der Waals surface area contributed by atoms with Crippen LogP contribution in [0.4, 0.5) is 0 Å². The summed E-state index contributed by atoms with van der Waals surface area (Å²) in [5, 5.41) is 10.4. The predicted octanol–water partition coefficient (Wildman–Crippen LogP) is 1.67. The van der Waals surface area contributed by atoms with Crippen LogP contribution in [0, 0.1) is 12.8 Å². The Labute approximate surface area is 143 Å². The summed E-state index contributed by atoms with van der Waals surface area (Å²) in [4.78, 5) is 24.5. The van der Waals surface area contributed by atoms with E-state index in [2.05, 4.69) is 20.3 Å². The lowest BCUT2D eigenvalue weighted by molar-refractivity contribution is -0.121. The number of aromatic nitrogens is 3. The molecule has 25 heavy (non-hydrogen) atoms. The maximum Gasteiger partial charge on any atom is 0.420 e. The van der Waals surface area contributed by atoms with Gasteiger partial charge in [-0.1, -0.05) is 36.3 Å². The number of nitrogens with zero attached hydrogens (tertiary/aromatic N) is 3. The fourth-order valence-corrected chi connectivity index (χ4v) is 2.63. The highest BCUT2D eigenvalue weighted by atomic mass is 16.6. The predicted molar refractivity (Wildman–Crippen MR) is 90.0 cm³/mol. The minimum atomic E-state index is -0.433. The van der Waals surface area contributed by atoms with Crippen LogP contribution in [0.15, 0.2) is 38.1 Å². The molecular formula is C17H20N4O4. The molecule has 2 aromatic heterocycles. The molecule has 0 spiro atoms. The maximum atomic E-state index is 12.3. The Balaban J connectivity index is 1.77. The largest absolute Gasteiger partial charge is 0.420 e. The van der Waals surface area contributed by atoms with Gasteiger partial charge in [0.25, 0.3) is 0 Å². The number of amides is 1. The van der Waals surface area contributed by atoms with Crippen molar-refractivity contribution in [2.45, 2.75) is 39.8 Å². The molecular weight excluding hydrogens is 324 g/mol. The van der Waals surface area contributed by atoms with Crippen LogP contribution in [0.1, 0.15) is 25.2 Å². The second kappa shape index (κ2) is 6.92. The molecule has 0 saturated carbocycles. The van der Waals surface area contributed by atoms with Gasteiger partial charge in [-0.3, -0.25) is 9.36 Å². The summed E-state index contributed by atoms with van der Waals surface area (Å²) >= 11 is 0. The monoisotopic (exact) mass is 344 g/mol. The normalized spacial score (nSPS) is 12.6. The fraction of sp³-hybridized carbons (Fsp3) is 0.412. The quantitative estimate of drug-likeness (QED) is 0.729. The molecule has 2 heterocycles. The zero-order valence-electron chi connectivity index (χ0n) is 14.4. The van der Waals surface area contributed by atoms with Crippen molar-refractivity contribution in [2.75, 3.05) is 0 Å². The minimum Gasteiger partial charge on any atom is -0.408 e. The highest BCUT2D eigenvalue weighted by Crippen LogP contribution is 2.14. The molecule has 0 unspecified atom stereocenters. The van der Waals surface area contributed by atoms with Gasteiger partial charge < -0.3 is 9.73 Å². The first-order chi connectivity index (χ1) is 12.0. The van der Waals surface area contributed by atoms with Gasteiger partial charge in [-0.2, -0.15) is 0 Å². The van der Waals surface area contributed by atoms with Crippen LogP contribution in [0.2, 0.25) is 0 Å². The summed E-state index contributed by atoms with van der Waals surface area (Å²) in [6.45, 7) is 6.04. The zero-order chi connectivity index (χ0) is 18.0. The molecule has 1 amide bonds. The Morgan fingerprint density at radius 2 is 2.04 bits per heavy atom. The van der Waals surface area contributed by atoms with E-state index in [1.165, 1.54) is 0 Å². The lowest BCUT2D eigenvalue weighted by Gasteiger charge is -2.22. The Hall–Kier alpha value is -2.90. The van der Waals surface area contributed by atoms with E-state index in [9.17, 15) is 9.59 Å². The third kappa shape index (κ3) is 3.62. The first-order valence-corrected chi connectivity index (χ1v) is 8.11. The average molecular weight is 344 g/mol. The van der Waals surface area contributed by atoms with Crippen molar-refractivity contribution in [3.63, 3.8) is 0 Å². The Kier molecular flexibility index (Phi) is 4.69. The molecule has 0 aliphatic heterocycles. The van der Waals surface area contributed by atoms with Crippen LogP contribution in [0.5, 0.6) is 0 Å². The molecule has 0 bridgehead atoms. The number of carbonyl (C=O) groups excluding carboxylic acids is 1. The smallest absolute Gasteiger partial charge is 0.408 e. The third-order valence-electron chi connectivity index (χ3n) is 4.18. The molecule has 132 valence electrons. The van der Waals surface area contributed by atoms with Gasteiger partial charge in [0.15, 0.2) is 5.58 Å². The molecule has 1 N–H and O–H groups in total. The summed E-state index contributed by atoms with van der Waals surface area (Å²) in [5.74, 6) is -0.503. The molecule has 1 aromatic carbocycles. The number of oxazole rings is 1. The van der Waals surface area contributed by atoms with E-state index in [1.807, 2.05) is 32.0 Å². The number of rotatable bonds is 6. The van der Waals surface area contributed by atoms with Crippen molar-refractivity contribution in [1.29, 1.82) is 0 Å². The lowest BCUT2D eigenvalue weighted by atomic mass is 10.0. The molecule has 8 nitrogen and oxygen atoms in total. The molecule has 0 radical (unpaired) electrons. The maximum absolute atomic E-state index is 12.3.